The summed E-state index contributed by atoms with van der Waals surface area (Å²) in [5.41, 5.74) is 1.85. The Balaban J connectivity index is 2.18. The molecule has 1 aromatic rings. The summed E-state index contributed by atoms with van der Waals surface area (Å²) in [7, 11) is 1.87. The fourth-order valence-corrected chi connectivity index (χ4v) is 2.21. The van der Waals surface area contributed by atoms with Crippen LogP contribution < -0.4 is 10.2 Å². The third-order valence-corrected chi connectivity index (χ3v) is 2.93. The summed E-state index contributed by atoms with van der Waals surface area (Å²) < 4.78 is 1.75. The van der Waals surface area contributed by atoms with Gasteiger partial charge >= 0.3 is 0 Å². The van der Waals surface area contributed by atoms with Crippen LogP contribution in [-0.2, 0) is 11.8 Å². The number of anilines is 1. The van der Waals surface area contributed by atoms with E-state index in [2.05, 4.69) is 10.4 Å². The minimum absolute atomic E-state index is 0.0235. The largest absolute Gasteiger partial charge is 0.308 e. The lowest BCUT2D eigenvalue weighted by atomic mass is 10.2. The topological polar surface area (TPSA) is 50.2 Å². The van der Waals surface area contributed by atoms with Crippen LogP contribution in [-0.4, -0.2) is 34.8 Å². The molecule has 0 saturated carbocycles. The van der Waals surface area contributed by atoms with Gasteiger partial charge in [0.15, 0.2) is 0 Å². The van der Waals surface area contributed by atoms with Crippen molar-refractivity contribution in [3.63, 3.8) is 0 Å². The molecule has 88 valence electrons. The Kier molecular flexibility index (Phi) is 2.96. The molecule has 5 nitrogen and oxygen atoms in total. The highest BCUT2D eigenvalue weighted by Gasteiger charge is 2.33. The second-order valence-electron chi connectivity index (χ2n) is 4.16. The first-order valence-corrected chi connectivity index (χ1v) is 5.68. The van der Waals surface area contributed by atoms with Crippen LogP contribution in [0.4, 0.5) is 5.69 Å². The normalized spacial score (nSPS) is 20.8. The van der Waals surface area contributed by atoms with Crippen molar-refractivity contribution in [3.8, 4) is 0 Å². The molecule has 1 amide bonds. The van der Waals surface area contributed by atoms with E-state index in [9.17, 15) is 4.79 Å². The summed E-state index contributed by atoms with van der Waals surface area (Å²) >= 11 is 0. The maximum Gasteiger partial charge on any atom is 0.244 e. The average Bonchev–Trinajstić information content (AvgIpc) is 2.73. The molecule has 1 aromatic heterocycles. The molecule has 1 N–H and O–H groups in total. The monoisotopic (exact) mass is 222 g/mol. The van der Waals surface area contributed by atoms with Gasteiger partial charge in [-0.15, -0.1) is 0 Å². The maximum absolute atomic E-state index is 12.1. The van der Waals surface area contributed by atoms with Crippen LogP contribution in [0.15, 0.2) is 6.20 Å². The van der Waals surface area contributed by atoms with Crippen LogP contribution in [0, 0.1) is 6.92 Å². The SMILES string of the molecule is CCNC1CCN(c2cn(C)nc2C)C1=O. The van der Waals surface area contributed by atoms with Crippen molar-refractivity contribution >= 4 is 11.6 Å². The van der Waals surface area contributed by atoms with E-state index in [-0.39, 0.29) is 11.9 Å². The Morgan fingerprint density at radius 2 is 2.38 bits per heavy atom. The molecule has 0 radical (unpaired) electrons. The molecule has 5 heteroatoms. The Morgan fingerprint density at radius 1 is 1.62 bits per heavy atom. The molecule has 2 rings (SSSR count). The van der Waals surface area contributed by atoms with Gasteiger partial charge in [0.05, 0.1) is 17.4 Å². The molecule has 1 unspecified atom stereocenters. The molecule has 0 bridgehead atoms. The van der Waals surface area contributed by atoms with Gasteiger partial charge in [-0.05, 0) is 19.9 Å². The van der Waals surface area contributed by atoms with Gasteiger partial charge in [-0.1, -0.05) is 6.92 Å². The highest BCUT2D eigenvalue weighted by molar-refractivity contribution is 5.99. The predicted molar refractivity (Wildman–Crippen MR) is 62.4 cm³/mol. The van der Waals surface area contributed by atoms with Gasteiger partial charge in [-0.3, -0.25) is 9.48 Å². The second-order valence-corrected chi connectivity index (χ2v) is 4.16. The van der Waals surface area contributed by atoms with E-state index >= 15 is 0 Å². The van der Waals surface area contributed by atoms with E-state index < -0.39 is 0 Å². The fourth-order valence-electron chi connectivity index (χ4n) is 2.21. The number of carbonyl (C=O) groups excluding carboxylic acids is 1. The minimum atomic E-state index is -0.0235. The number of carbonyl (C=O) groups is 1. The smallest absolute Gasteiger partial charge is 0.244 e. The van der Waals surface area contributed by atoms with Crippen LogP contribution >= 0.6 is 0 Å². The molecule has 1 aliphatic rings. The zero-order valence-electron chi connectivity index (χ0n) is 10.0. The van der Waals surface area contributed by atoms with Crippen molar-refractivity contribution in [1.82, 2.24) is 15.1 Å². The van der Waals surface area contributed by atoms with Crippen molar-refractivity contribution in [3.05, 3.63) is 11.9 Å². The Hall–Kier alpha value is -1.36. The lowest BCUT2D eigenvalue weighted by molar-refractivity contribution is -0.118. The van der Waals surface area contributed by atoms with E-state index in [1.807, 2.05) is 32.0 Å². The second kappa shape index (κ2) is 4.25. The molecular formula is C11H18N4O. The predicted octanol–water partition coefficient (Wildman–Crippen LogP) is 0.443. The molecule has 1 aliphatic heterocycles. The molecule has 0 aromatic carbocycles. The van der Waals surface area contributed by atoms with Crippen LogP contribution in [0.2, 0.25) is 0 Å². The van der Waals surface area contributed by atoms with Crippen molar-refractivity contribution in [2.75, 3.05) is 18.0 Å². The molecule has 16 heavy (non-hydrogen) atoms. The summed E-state index contributed by atoms with van der Waals surface area (Å²) in [5.74, 6) is 0.165. The highest BCUT2D eigenvalue weighted by atomic mass is 16.2. The van der Waals surface area contributed by atoms with Crippen molar-refractivity contribution in [2.45, 2.75) is 26.3 Å². The number of likely N-dealkylation sites (N-methyl/N-ethyl adjacent to an activating group) is 1. The molecular weight excluding hydrogens is 204 g/mol. The van der Waals surface area contributed by atoms with E-state index in [1.54, 1.807) is 4.68 Å². The average molecular weight is 222 g/mol. The number of rotatable bonds is 3. The lowest BCUT2D eigenvalue weighted by Gasteiger charge is -2.15. The van der Waals surface area contributed by atoms with E-state index in [0.717, 1.165) is 30.9 Å². The third kappa shape index (κ3) is 1.82. The summed E-state index contributed by atoms with van der Waals surface area (Å²) in [5, 5.41) is 7.47. The number of aryl methyl sites for hydroxylation is 2. The lowest BCUT2D eigenvalue weighted by Crippen LogP contribution is -2.38. The van der Waals surface area contributed by atoms with E-state index in [1.165, 1.54) is 0 Å². The van der Waals surface area contributed by atoms with Gasteiger partial charge in [0.25, 0.3) is 0 Å². The van der Waals surface area contributed by atoms with Gasteiger partial charge in [0.1, 0.15) is 0 Å². The molecule has 1 atom stereocenters. The summed E-state index contributed by atoms with van der Waals surface area (Å²) in [6.45, 7) is 5.56. The fraction of sp³-hybridized carbons (Fsp3) is 0.636. The van der Waals surface area contributed by atoms with E-state index in [4.69, 9.17) is 0 Å². The first-order chi connectivity index (χ1) is 7.63. The van der Waals surface area contributed by atoms with Gasteiger partial charge in [-0.2, -0.15) is 5.10 Å². The minimum Gasteiger partial charge on any atom is -0.308 e. The molecule has 0 aliphatic carbocycles. The van der Waals surface area contributed by atoms with E-state index in [0.29, 0.717) is 0 Å². The molecule has 2 heterocycles. The number of hydrogen-bond acceptors (Lipinski definition) is 3. The zero-order chi connectivity index (χ0) is 11.7. The summed E-state index contributed by atoms with van der Waals surface area (Å²) in [6, 6.07) is -0.0235. The molecule has 1 fully saturated rings. The standard InChI is InChI=1S/C11H18N4O/c1-4-12-9-5-6-15(11(9)16)10-7-14(3)13-8(10)2/h7,9,12H,4-6H2,1-3H3. The maximum atomic E-state index is 12.1. The quantitative estimate of drug-likeness (QED) is 0.807. The van der Waals surface area contributed by atoms with Gasteiger partial charge in [-0.25, -0.2) is 0 Å². The van der Waals surface area contributed by atoms with Gasteiger partial charge in [0.2, 0.25) is 5.91 Å². The molecule has 1 saturated heterocycles. The number of nitrogens with one attached hydrogen (secondary N) is 1. The molecule has 0 spiro atoms. The zero-order valence-corrected chi connectivity index (χ0v) is 10.0. The Morgan fingerprint density at radius 3 is 2.94 bits per heavy atom. The van der Waals surface area contributed by atoms with Crippen LogP contribution in [0.25, 0.3) is 0 Å². The number of nitrogens with zero attached hydrogens (tertiary/aromatic N) is 3. The number of amides is 1. The van der Waals surface area contributed by atoms with Gasteiger partial charge in [0, 0.05) is 19.8 Å². The Bertz CT molecular complexity index is 399. The summed E-state index contributed by atoms with van der Waals surface area (Å²) in [4.78, 5) is 13.9. The van der Waals surface area contributed by atoms with Crippen LogP contribution in [0.5, 0.6) is 0 Å². The first kappa shape index (κ1) is 11.1. The van der Waals surface area contributed by atoms with Crippen molar-refractivity contribution in [2.24, 2.45) is 7.05 Å². The Labute approximate surface area is 95.4 Å². The van der Waals surface area contributed by atoms with Crippen molar-refractivity contribution in [1.29, 1.82) is 0 Å². The van der Waals surface area contributed by atoms with Crippen LogP contribution in [0.3, 0.4) is 0 Å². The third-order valence-electron chi connectivity index (χ3n) is 2.93. The van der Waals surface area contributed by atoms with Crippen molar-refractivity contribution < 1.29 is 4.79 Å². The summed E-state index contributed by atoms with van der Waals surface area (Å²) in [6.07, 6.45) is 2.78. The van der Waals surface area contributed by atoms with Gasteiger partial charge < -0.3 is 10.2 Å². The highest BCUT2D eigenvalue weighted by Crippen LogP contribution is 2.23. The number of hydrogen-bond donors (Lipinski definition) is 1. The number of aromatic nitrogens is 2. The first-order valence-electron chi connectivity index (χ1n) is 5.68. The van der Waals surface area contributed by atoms with Crippen LogP contribution in [0.1, 0.15) is 19.0 Å².